The summed E-state index contributed by atoms with van der Waals surface area (Å²) in [7, 11) is 0. The lowest BCUT2D eigenvalue weighted by Crippen LogP contribution is -2.17. The molecule has 0 saturated heterocycles. The molecular weight excluding hydrogens is 324 g/mol. The normalized spacial score (nSPS) is 11.8. The van der Waals surface area contributed by atoms with Gasteiger partial charge in [-0.3, -0.25) is 9.97 Å². The minimum absolute atomic E-state index is 0.306. The summed E-state index contributed by atoms with van der Waals surface area (Å²) in [4.78, 5) is 17.8. The van der Waals surface area contributed by atoms with Crippen LogP contribution in [0, 0.1) is 0 Å². The molecule has 0 aromatic carbocycles. The first-order chi connectivity index (χ1) is 12.7. The molecule has 3 rings (SSSR count). The Labute approximate surface area is 154 Å². The van der Waals surface area contributed by atoms with E-state index in [-0.39, 0.29) is 0 Å². The van der Waals surface area contributed by atoms with Gasteiger partial charge in [0, 0.05) is 54.9 Å². The highest BCUT2D eigenvalue weighted by molar-refractivity contribution is 5.63. The lowest BCUT2D eigenvalue weighted by atomic mass is 10.2. The molecule has 26 heavy (non-hydrogen) atoms. The van der Waals surface area contributed by atoms with Crippen molar-refractivity contribution in [3.05, 3.63) is 60.7 Å². The van der Waals surface area contributed by atoms with E-state index < -0.39 is 0 Å². The summed E-state index contributed by atoms with van der Waals surface area (Å²) in [5.74, 6) is 1.42. The maximum atomic E-state index is 4.64. The van der Waals surface area contributed by atoms with Crippen LogP contribution >= 0.6 is 0 Å². The first-order valence-electron chi connectivity index (χ1n) is 8.94. The predicted octanol–water partition coefficient (Wildman–Crippen LogP) is 3.80. The number of nitrogens with zero attached hydrogens (tertiary/aromatic N) is 4. The highest BCUT2D eigenvalue weighted by Gasteiger charge is 2.09. The fourth-order valence-electron chi connectivity index (χ4n) is 2.45. The number of nitrogens with one attached hydrogen (secondary N) is 2. The van der Waals surface area contributed by atoms with E-state index in [1.807, 2.05) is 48.8 Å². The Kier molecular flexibility index (Phi) is 6.09. The zero-order valence-electron chi connectivity index (χ0n) is 15.2. The molecule has 6 heteroatoms. The van der Waals surface area contributed by atoms with Crippen molar-refractivity contribution in [1.29, 1.82) is 0 Å². The summed E-state index contributed by atoms with van der Waals surface area (Å²) < 4.78 is 0. The van der Waals surface area contributed by atoms with Gasteiger partial charge in [0.15, 0.2) is 0 Å². The van der Waals surface area contributed by atoms with E-state index in [1.165, 1.54) is 0 Å². The van der Waals surface area contributed by atoms with Crippen LogP contribution in [0.2, 0.25) is 0 Å². The van der Waals surface area contributed by atoms with E-state index in [0.29, 0.717) is 12.0 Å². The Hall–Kier alpha value is -3.02. The molecule has 0 amide bonds. The second-order valence-electron chi connectivity index (χ2n) is 6.16. The number of aromatic nitrogens is 4. The van der Waals surface area contributed by atoms with Gasteiger partial charge in [0.05, 0.1) is 5.69 Å². The molecule has 0 aliphatic rings. The monoisotopic (exact) mass is 348 g/mol. The van der Waals surface area contributed by atoms with Crippen molar-refractivity contribution in [2.24, 2.45) is 0 Å². The van der Waals surface area contributed by atoms with E-state index in [1.54, 1.807) is 6.20 Å². The summed E-state index contributed by atoms with van der Waals surface area (Å²) in [6, 6.07) is 12.1. The molecule has 0 spiro atoms. The van der Waals surface area contributed by atoms with Crippen molar-refractivity contribution in [2.75, 3.05) is 17.2 Å². The summed E-state index contributed by atoms with van der Waals surface area (Å²) in [5.41, 5.74) is 2.87. The topological polar surface area (TPSA) is 75.6 Å². The second-order valence-corrected chi connectivity index (χ2v) is 6.16. The van der Waals surface area contributed by atoms with Crippen LogP contribution in [0.3, 0.4) is 0 Å². The molecule has 3 aromatic rings. The fourth-order valence-corrected chi connectivity index (χ4v) is 2.45. The van der Waals surface area contributed by atoms with Gasteiger partial charge in [-0.25, -0.2) is 4.98 Å². The van der Waals surface area contributed by atoms with Gasteiger partial charge in [0.1, 0.15) is 5.82 Å². The molecule has 0 bridgehead atoms. The Morgan fingerprint density at radius 3 is 2.73 bits per heavy atom. The van der Waals surface area contributed by atoms with E-state index in [4.69, 9.17) is 0 Å². The van der Waals surface area contributed by atoms with Crippen LogP contribution < -0.4 is 10.6 Å². The maximum Gasteiger partial charge on any atom is 0.225 e. The average Bonchev–Trinajstić information content (AvgIpc) is 2.69. The van der Waals surface area contributed by atoms with Crippen LogP contribution in [0.15, 0.2) is 55.0 Å². The molecule has 0 aliphatic carbocycles. The molecule has 2 N–H and O–H groups in total. The van der Waals surface area contributed by atoms with Crippen LogP contribution in [0.1, 0.15) is 26.0 Å². The molecular formula is C20H24N6. The minimum atomic E-state index is 0.306. The van der Waals surface area contributed by atoms with Crippen molar-refractivity contribution < 1.29 is 0 Å². The maximum absolute atomic E-state index is 4.64. The van der Waals surface area contributed by atoms with Gasteiger partial charge >= 0.3 is 0 Å². The molecule has 0 unspecified atom stereocenters. The van der Waals surface area contributed by atoms with Crippen molar-refractivity contribution >= 4 is 11.8 Å². The molecule has 1 atom stereocenters. The van der Waals surface area contributed by atoms with Crippen LogP contribution in [0.5, 0.6) is 0 Å². The highest BCUT2D eigenvalue weighted by atomic mass is 15.2. The molecule has 0 fully saturated rings. The molecule has 6 nitrogen and oxygen atoms in total. The summed E-state index contributed by atoms with van der Waals surface area (Å²) in [6.45, 7) is 5.01. The first kappa shape index (κ1) is 17.8. The molecule has 134 valence electrons. The standard InChI is InChI=1S/C20H24N6/c1-3-15(2)24-20-25-18(16-7-6-10-21-14-16)13-19(26-20)23-12-9-17-8-4-5-11-22-17/h4-8,10-11,13-15H,3,9,12H2,1-2H3,(H2,23,24,25,26)/t15-/m0/s1. The lowest BCUT2D eigenvalue weighted by molar-refractivity contribution is 0.753. The van der Waals surface area contributed by atoms with E-state index in [2.05, 4.69) is 44.4 Å². The van der Waals surface area contributed by atoms with E-state index in [0.717, 1.165) is 42.2 Å². The number of anilines is 2. The average molecular weight is 348 g/mol. The Morgan fingerprint density at radius 1 is 1.08 bits per heavy atom. The number of pyridine rings is 2. The summed E-state index contributed by atoms with van der Waals surface area (Å²) >= 11 is 0. The van der Waals surface area contributed by atoms with Gasteiger partial charge in [-0.2, -0.15) is 4.98 Å². The van der Waals surface area contributed by atoms with Gasteiger partial charge < -0.3 is 10.6 Å². The van der Waals surface area contributed by atoms with Crippen LogP contribution in [0.25, 0.3) is 11.3 Å². The van der Waals surface area contributed by atoms with E-state index in [9.17, 15) is 0 Å². The third kappa shape index (κ3) is 4.99. The number of hydrogen-bond acceptors (Lipinski definition) is 6. The van der Waals surface area contributed by atoms with Crippen molar-refractivity contribution in [2.45, 2.75) is 32.7 Å². The number of hydrogen-bond donors (Lipinski definition) is 2. The zero-order valence-corrected chi connectivity index (χ0v) is 15.2. The summed E-state index contributed by atoms with van der Waals surface area (Å²) in [5, 5.41) is 6.74. The predicted molar refractivity (Wildman–Crippen MR) is 105 cm³/mol. The highest BCUT2D eigenvalue weighted by Crippen LogP contribution is 2.21. The van der Waals surface area contributed by atoms with Crippen molar-refractivity contribution in [1.82, 2.24) is 19.9 Å². The van der Waals surface area contributed by atoms with Crippen LogP contribution in [-0.2, 0) is 6.42 Å². The molecule has 0 radical (unpaired) electrons. The third-order valence-corrected chi connectivity index (χ3v) is 4.08. The van der Waals surface area contributed by atoms with E-state index >= 15 is 0 Å². The smallest absolute Gasteiger partial charge is 0.225 e. The first-order valence-corrected chi connectivity index (χ1v) is 8.94. The largest absolute Gasteiger partial charge is 0.369 e. The lowest BCUT2D eigenvalue weighted by Gasteiger charge is -2.14. The van der Waals surface area contributed by atoms with Crippen molar-refractivity contribution in [3.8, 4) is 11.3 Å². The third-order valence-electron chi connectivity index (χ3n) is 4.08. The zero-order chi connectivity index (χ0) is 18.2. The van der Waals surface area contributed by atoms with Crippen molar-refractivity contribution in [3.63, 3.8) is 0 Å². The minimum Gasteiger partial charge on any atom is -0.369 e. The Bertz CT molecular complexity index is 807. The molecule has 0 saturated carbocycles. The van der Waals surface area contributed by atoms with Gasteiger partial charge in [-0.1, -0.05) is 13.0 Å². The Morgan fingerprint density at radius 2 is 2.00 bits per heavy atom. The molecule has 3 heterocycles. The molecule has 0 aliphatic heterocycles. The second kappa shape index (κ2) is 8.89. The van der Waals surface area contributed by atoms with Gasteiger partial charge in [-0.15, -0.1) is 0 Å². The SMILES string of the molecule is CC[C@H](C)Nc1nc(NCCc2ccccn2)cc(-c2cccnc2)n1. The van der Waals surface area contributed by atoms with Crippen LogP contribution in [-0.4, -0.2) is 32.5 Å². The summed E-state index contributed by atoms with van der Waals surface area (Å²) in [6.07, 6.45) is 7.22. The van der Waals surface area contributed by atoms with Gasteiger partial charge in [0.25, 0.3) is 0 Å². The fraction of sp³-hybridized carbons (Fsp3) is 0.300. The van der Waals surface area contributed by atoms with Crippen LogP contribution in [0.4, 0.5) is 11.8 Å². The number of rotatable bonds is 8. The quantitative estimate of drug-likeness (QED) is 0.645. The van der Waals surface area contributed by atoms with Gasteiger partial charge in [-0.05, 0) is 37.6 Å². The van der Waals surface area contributed by atoms with Gasteiger partial charge in [0.2, 0.25) is 5.95 Å². The Balaban J connectivity index is 1.77. The molecule has 3 aromatic heterocycles.